The van der Waals surface area contributed by atoms with Crippen molar-refractivity contribution in [3.05, 3.63) is 57.8 Å². The Morgan fingerprint density at radius 3 is 2.57 bits per heavy atom. The monoisotopic (exact) mass is 303 g/mol. The van der Waals surface area contributed by atoms with Crippen molar-refractivity contribution in [2.24, 2.45) is 5.73 Å². The summed E-state index contributed by atoms with van der Waals surface area (Å²) in [5.41, 5.74) is 6.99. The summed E-state index contributed by atoms with van der Waals surface area (Å²) in [6.07, 6.45) is 0. The standard InChI is InChI=1S/C15H17N3O2S/c1-10-9-14(19)18(11(2)17-10)7-8-20-13-5-3-12(4-6-13)15(16)21/h3-6,9H,7-8H2,1-2H3,(H2,16,21). The van der Waals surface area contributed by atoms with Crippen LogP contribution in [0.4, 0.5) is 0 Å². The van der Waals surface area contributed by atoms with Gasteiger partial charge in [0.2, 0.25) is 0 Å². The summed E-state index contributed by atoms with van der Waals surface area (Å²) < 4.78 is 7.21. The minimum absolute atomic E-state index is 0.0626. The number of aryl methyl sites for hydroxylation is 2. The molecule has 0 saturated heterocycles. The van der Waals surface area contributed by atoms with Crippen LogP contribution in [0.3, 0.4) is 0 Å². The van der Waals surface area contributed by atoms with Crippen LogP contribution in [0.2, 0.25) is 0 Å². The second kappa shape index (κ2) is 6.49. The highest BCUT2D eigenvalue weighted by Crippen LogP contribution is 2.12. The Morgan fingerprint density at radius 1 is 1.33 bits per heavy atom. The van der Waals surface area contributed by atoms with Crippen LogP contribution in [0, 0.1) is 13.8 Å². The summed E-state index contributed by atoms with van der Waals surface area (Å²) in [4.78, 5) is 16.5. The van der Waals surface area contributed by atoms with Crippen LogP contribution in [0.5, 0.6) is 5.75 Å². The molecule has 0 saturated carbocycles. The first-order valence-corrected chi connectivity index (χ1v) is 6.96. The van der Waals surface area contributed by atoms with Crippen molar-refractivity contribution >= 4 is 17.2 Å². The first kappa shape index (κ1) is 15.2. The molecule has 21 heavy (non-hydrogen) atoms. The molecular formula is C15H17N3O2S. The third-order valence-electron chi connectivity index (χ3n) is 3.05. The highest BCUT2D eigenvalue weighted by Gasteiger charge is 2.03. The van der Waals surface area contributed by atoms with Crippen molar-refractivity contribution in [3.8, 4) is 5.75 Å². The molecule has 5 nitrogen and oxygen atoms in total. The molecule has 0 amide bonds. The van der Waals surface area contributed by atoms with E-state index in [1.54, 1.807) is 23.6 Å². The molecule has 0 aliphatic carbocycles. The van der Waals surface area contributed by atoms with Gasteiger partial charge in [-0.3, -0.25) is 9.36 Å². The van der Waals surface area contributed by atoms with Crippen LogP contribution in [-0.2, 0) is 6.54 Å². The minimum Gasteiger partial charge on any atom is -0.492 e. The Balaban J connectivity index is 1.99. The fraction of sp³-hybridized carbons (Fsp3) is 0.267. The van der Waals surface area contributed by atoms with Gasteiger partial charge in [0.05, 0.1) is 6.54 Å². The average molecular weight is 303 g/mol. The molecule has 0 bridgehead atoms. The van der Waals surface area contributed by atoms with Crippen LogP contribution in [-0.4, -0.2) is 21.1 Å². The maximum absolute atomic E-state index is 11.9. The molecule has 2 rings (SSSR count). The molecule has 0 aliphatic rings. The molecule has 1 aromatic carbocycles. The van der Waals surface area contributed by atoms with Gasteiger partial charge < -0.3 is 10.5 Å². The predicted molar refractivity (Wildman–Crippen MR) is 85.8 cm³/mol. The van der Waals surface area contributed by atoms with E-state index in [0.29, 0.717) is 29.7 Å². The number of nitrogens with two attached hydrogens (primary N) is 1. The van der Waals surface area contributed by atoms with Crippen LogP contribution >= 0.6 is 12.2 Å². The Bertz CT molecular complexity index is 708. The third-order valence-corrected chi connectivity index (χ3v) is 3.29. The molecule has 0 fully saturated rings. The summed E-state index contributed by atoms with van der Waals surface area (Å²) in [7, 11) is 0. The van der Waals surface area contributed by atoms with Crippen molar-refractivity contribution in [1.82, 2.24) is 9.55 Å². The summed E-state index contributed by atoms with van der Waals surface area (Å²) in [5, 5.41) is 0. The number of nitrogens with zero attached hydrogens (tertiary/aromatic N) is 2. The Morgan fingerprint density at radius 2 is 2.00 bits per heavy atom. The van der Waals surface area contributed by atoms with E-state index in [1.165, 1.54) is 6.07 Å². The minimum atomic E-state index is -0.0626. The zero-order chi connectivity index (χ0) is 15.4. The summed E-state index contributed by atoms with van der Waals surface area (Å²) in [6.45, 7) is 4.46. The number of rotatable bonds is 5. The van der Waals surface area contributed by atoms with E-state index < -0.39 is 0 Å². The van der Waals surface area contributed by atoms with Crippen LogP contribution < -0.4 is 16.0 Å². The zero-order valence-corrected chi connectivity index (χ0v) is 12.8. The quantitative estimate of drug-likeness (QED) is 0.849. The predicted octanol–water partition coefficient (Wildman–Crippen LogP) is 1.57. The van der Waals surface area contributed by atoms with Crippen LogP contribution in [0.25, 0.3) is 0 Å². The topological polar surface area (TPSA) is 70.1 Å². The van der Waals surface area contributed by atoms with Crippen LogP contribution in [0.1, 0.15) is 17.1 Å². The largest absolute Gasteiger partial charge is 0.492 e. The lowest BCUT2D eigenvalue weighted by molar-refractivity contribution is 0.294. The molecule has 6 heteroatoms. The van der Waals surface area contributed by atoms with Gasteiger partial charge in [0.15, 0.2) is 0 Å². The first-order valence-electron chi connectivity index (χ1n) is 6.55. The van der Waals surface area contributed by atoms with E-state index in [-0.39, 0.29) is 5.56 Å². The Kier molecular flexibility index (Phi) is 4.70. The molecular weight excluding hydrogens is 286 g/mol. The van der Waals surface area contributed by atoms with Gasteiger partial charge in [-0.1, -0.05) is 12.2 Å². The van der Waals surface area contributed by atoms with E-state index in [4.69, 9.17) is 22.7 Å². The maximum atomic E-state index is 11.9. The molecule has 0 aliphatic heterocycles. The van der Waals surface area contributed by atoms with E-state index in [2.05, 4.69) is 4.98 Å². The fourth-order valence-corrected chi connectivity index (χ4v) is 2.14. The van der Waals surface area contributed by atoms with Gasteiger partial charge >= 0.3 is 0 Å². The molecule has 2 aromatic rings. The fourth-order valence-electron chi connectivity index (χ4n) is 2.01. The van der Waals surface area contributed by atoms with Gasteiger partial charge in [-0.15, -0.1) is 0 Å². The Labute approximate surface area is 128 Å². The summed E-state index contributed by atoms with van der Waals surface area (Å²) in [5.74, 6) is 1.40. The van der Waals surface area contributed by atoms with Gasteiger partial charge in [0.25, 0.3) is 5.56 Å². The number of thiocarbonyl (C=S) groups is 1. The molecule has 1 heterocycles. The second-order valence-corrected chi connectivity index (χ2v) is 5.11. The summed E-state index contributed by atoms with van der Waals surface area (Å²) in [6, 6.07) is 8.74. The third kappa shape index (κ3) is 3.88. The SMILES string of the molecule is Cc1cc(=O)n(CCOc2ccc(C(N)=S)cc2)c(C)n1. The van der Waals surface area contributed by atoms with Gasteiger partial charge in [0, 0.05) is 17.3 Å². The van der Waals surface area contributed by atoms with E-state index >= 15 is 0 Å². The molecule has 0 unspecified atom stereocenters. The average Bonchev–Trinajstić information content (AvgIpc) is 2.42. The van der Waals surface area contributed by atoms with Crippen molar-refractivity contribution in [1.29, 1.82) is 0 Å². The molecule has 110 valence electrons. The number of benzene rings is 1. The lowest BCUT2D eigenvalue weighted by Gasteiger charge is -2.11. The molecule has 0 spiro atoms. The molecule has 1 aromatic heterocycles. The van der Waals surface area contributed by atoms with Gasteiger partial charge in [-0.05, 0) is 38.1 Å². The lowest BCUT2D eigenvalue weighted by Crippen LogP contribution is -2.26. The Hall–Kier alpha value is -2.21. The van der Waals surface area contributed by atoms with Crippen molar-refractivity contribution in [2.45, 2.75) is 20.4 Å². The zero-order valence-electron chi connectivity index (χ0n) is 12.0. The number of aromatic nitrogens is 2. The van der Waals surface area contributed by atoms with E-state index in [0.717, 1.165) is 11.3 Å². The van der Waals surface area contributed by atoms with E-state index in [9.17, 15) is 4.79 Å². The van der Waals surface area contributed by atoms with Crippen molar-refractivity contribution in [2.75, 3.05) is 6.61 Å². The molecule has 0 radical (unpaired) electrons. The smallest absolute Gasteiger partial charge is 0.253 e. The van der Waals surface area contributed by atoms with Crippen molar-refractivity contribution in [3.63, 3.8) is 0 Å². The number of hydrogen-bond acceptors (Lipinski definition) is 4. The second-order valence-electron chi connectivity index (χ2n) is 4.67. The number of ether oxygens (including phenoxy) is 1. The van der Waals surface area contributed by atoms with Crippen LogP contribution in [0.15, 0.2) is 35.1 Å². The normalized spacial score (nSPS) is 10.4. The number of hydrogen-bond donors (Lipinski definition) is 1. The van der Waals surface area contributed by atoms with Gasteiger partial charge in [0.1, 0.15) is 23.2 Å². The van der Waals surface area contributed by atoms with Gasteiger partial charge in [-0.2, -0.15) is 0 Å². The van der Waals surface area contributed by atoms with Gasteiger partial charge in [-0.25, -0.2) is 4.98 Å². The lowest BCUT2D eigenvalue weighted by atomic mass is 10.2. The highest BCUT2D eigenvalue weighted by molar-refractivity contribution is 7.80. The highest BCUT2D eigenvalue weighted by atomic mass is 32.1. The van der Waals surface area contributed by atoms with E-state index in [1.807, 2.05) is 19.1 Å². The first-order chi connectivity index (χ1) is 9.97. The maximum Gasteiger partial charge on any atom is 0.253 e. The van der Waals surface area contributed by atoms with Crippen molar-refractivity contribution < 1.29 is 4.74 Å². The molecule has 2 N–H and O–H groups in total. The summed E-state index contributed by atoms with van der Waals surface area (Å²) >= 11 is 4.89. The molecule has 0 atom stereocenters.